The molecule has 0 spiro atoms. The average molecular weight is 282 g/mol. The number of furan rings is 1. The molecule has 1 aromatic heterocycles. The van der Waals surface area contributed by atoms with Crippen LogP contribution in [0.5, 0.6) is 0 Å². The van der Waals surface area contributed by atoms with Gasteiger partial charge in [0, 0.05) is 6.54 Å². The van der Waals surface area contributed by atoms with Crippen molar-refractivity contribution in [1.82, 2.24) is 5.32 Å². The Morgan fingerprint density at radius 2 is 2.15 bits per heavy atom. The van der Waals surface area contributed by atoms with Gasteiger partial charge in [0.25, 0.3) is 5.91 Å². The normalized spacial score (nSPS) is 16.2. The number of carbonyl (C=O) groups excluding carboxylic acids is 1. The maximum Gasteiger partial charge on any atom is 0.433 e. The summed E-state index contributed by atoms with van der Waals surface area (Å²) < 4.78 is 4.78. The quantitative estimate of drug-likeness (QED) is 0.603. The second-order valence-corrected chi connectivity index (χ2v) is 5.00. The molecule has 108 valence electrons. The van der Waals surface area contributed by atoms with Gasteiger partial charge in [-0.2, -0.15) is 0 Å². The first-order chi connectivity index (χ1) is 9.42. The fourth-order valence-corrected chi connectivity index (χ4v) is 2.32. The van der Waals surface area contributed by atoms with Gasteiger partial charge in [-0.15, -0.1) is 0 Å². The highest BCUT2D eigenvalue weighted by molar-refractivity contribution is 5.91. The van der Waals surface area contributed by atoms with E-state index in [9.17, 15) is 19.7 Å². The molecule has 20 heavy (non-hydrogen) atoms. The first-order valence-electron chi connectivity index (χ1n) is 6.16. The van der Waals surface area contributed by atoms with Gasteiger partial charge in [-0.05, 0) is 24.3 Å². The Bertz CT molecular complexity index is 546. The van der Waals surface area contributed by atoms with Gasteiger partial charge in [0.15, 0.2) is 5.76 Å². The van der Waals surface area contributed by atoms with E-state index < -0.39 is 28.1 Å². The molecule has 0 unspecified atom stereocenters. The molecule has 0 bridgehead atoms. The molecule has 8 nitrogen and oxygen atoms in total. The van der Waals surface area contributed by atoms with Crippen LogP contribution in [0.2, 0.25) is 0 Å². The Hall–Kier alpha value is -2.38. The molecule has 1 fully saturated rings. The van der Waals surface area contributed by atoms with Gasteiger partial charge in [0.2, 0.25) is 0 Å². The van der Waals surface area contributed by atoms with E-state index in [0.29, 0.717) is 0 Å². The lowest BCUT2D eigenvalue weighted by Crippen LogP contribution is -2.43. The van der Waals surface area contributed by atoms with Crippen molar-refractivity contribution in [1.29, 1.82) is 0 Å². The third-order valence-corrected chi connectivity index (χ3v) is 3.56. The number of amides is 1. The van der Waals surface area contributed by atoms with Crippen molar-refractivity contribution in [3.8, 4) is 0 Å². The summed E-state index contributed by atoms with van der Waals surface area (Å²) in [4.78, 5) is 32.3. The molecule has 0 aliphatic heterocycles. The SMILES string of the molecule is O=C(O)CC1(CNC(=O)c2ccc([N+](=O)[O-])o2)CCC1. The summed E-state index contributed by atoms with van der Waals surface area (Å²) in [5.41, 5.74) is -0.403. The summed E-state index contributed by atoms with van der Waals surface area (Å²) in [6, 6.07) is 2.32. The molecule has 1 aromatic rings. The van der Waals surface area contributed by atoms with Crippen molar-refractivity contribution in [2.45, 2.75) is 25.7 Å². The van der Waals surface area contributed by atoms with Crippen molar-refractivity contribution in [3.63, 3.8) is 0 Å². The first kappa shape index (κ1) is 14.0. The van der Waals surface area contributed by atoms with E-state index >= 15 is 0 Å². The molecule has 1 aliphatic rings. The van der Waals surface area contributed by atoms with Crippen LogP contribution in [0.3, 0.4) is 0 Å². The number of nitrogens with one attached hydrogen (secondary N) is 1. The number of aliphatic carboxylic acids is 1. The van der Waals surface area contributed by atoms with Crippen molar-refractivity contribution in [2.24, 2.45) is 5.41 Å². The lowest BCUT2D eigenvalue weighted by molar-refractivity contribution is -0.402. The molecular weight excluding hydrogens is 268 g/mol. The minimum absolute atomic E-state index is 0.00554. The van der Waals surface area contributed by atoms with Gasteiger partial charge >= 0.3 is 11.9 Å². The van der Waals surface area contributed by atoms with Crippen molar-refractivity contribution >= 4 is 17.8 Å². The Labute approximate surface area is 113 Å². The van der Waals surface area contributed by atoms with Crippen LogP contribution < -0.4 is 5.32 Å². The van der Waals surface area contributed by atoms with E-state index in [4.69, 9.17) is 9.52 Å². The van der Waals surface area contributed by atoms with Crippen LogP contribution in [0, 0.1) is 15.5 Å². The highest BCUT2D eigenvalue weighted by atomic mass is 16.6. The molecule has 1 heterocycles. The minimum Gasteiger partial charge on any atom is -0.481 e. The number of nitro groups is 1. The molecule has 2 rings (SSSR count). The zero-order valence-corrected chi connectivity index (χ0v) is 10.6. The Balaban J connectivity index is 1.94. The monoisotopic (exact) mass is 282 g/mol. The number of nitrogens with zero attached hydrogens (tertiary/aromatic N) is 1. The van der Waals surface area contributed by atoms with Crippen molar-refractivity contribution in [2.75, 3.05) is 6.54 Å². The number of hydrogen-bond acceptors (Lipinski definition) is 5. The van der Waals surface area contributed by atoms with Gasteiger partial charge in [-0.3, -0.25) is 19.7 Å². The highest BCUT2D eigenvalue weighted by Crippen LogP contribution is 2.43. The second kappa shape index (κ2) is 5.32. The molecule has 0 saturated heterocycles. The van der Waals surface area contributed by atoms with E-state index in [1.165, 1.54) is 6.07 Å². The Morgan fingerprint density at radius 3 is 2.60 bits per heavy atom. The van der Waals surface area contributed by atoms with Gasteiger partial charge in [-0.25, -0.2) is 0 Å². The van der Waals surface area contributed by atoms with E-state index in [-0.39, 0.29) is 18.7 Å². The van der Waals surface area contributed by atoms with E-state index in [0.717, 1.165) is 25.3 Å². The summed E-state index contributed by atoms with van der Waals surface area (Å²) >= 11 is 0. The maximum absolute atomic E-state index is 11.8. The predicted octanol–water partition coefficient (Wildman–Crippen LogP) is 1.56. The number of rotatable bonds is 6. The van der Waals surface area contributed by atoms with Crippen LogP contribution in [0.25, 0.3) is 0 Å². The first-order valence-corrected chi connectivity index (χ1v) is 6.16. The molecule has 1 saturated carbocycles. The fourth-order valence-electron chi connectivity index (χ4n) is 2.32. The summed E-state index contributed by atoms with van der Waals surface area (Å²) in [5, 5.41) is 21.9. The Kier molecular flexibility index (Phi) is 3.73. The van der Waals surface area contributed by atoms with Gasteiger partial charge < -0.3 is 14.8 Å². The molecule has 1 amide bonds. The predicted molar refractivity (Wildman–Crippen MR) is 66.2 cm³/mol. The second-order valence-electron chi connectivity index (χ2n) is 5.00. The van der Waals surface area contributed by atoms with E-state index in [1.807, 2.05) is 0 Å². The molecule has 0 atom stereocenters. The van der Waals surface area contributed by atoms with Crippen LogP contribution in [0.4, 0.5) is 5.88 Å². The lowest BCUT2D eigenvalue weighted by Gasteiger charge is -2.40. The number of carboxylic acids is 1. The summed E-state index contributed by atoms with van der Waals surface area (Å²) in [6.45, 7) is 0.229. The lowest BCUT2D eigenvalue weighted by atomic mass is 9.66. The van der Waals surface area contributed by atoms with Crippen molar-refractivity contribution < 1.29 is 24.0 Å². The number of carbonyl (C=O) groups is 2. The topological polar surface area (TPSA) is 123 Å². The molecule has 0 aromatic carbocycles. The van der Waals surface area contributed by atoms with Crippen LogP contribution in [-0.4, -0.2) is 28.5 Å². The Morgan fingerprint density at radius 1 is 1.45 bits per heavy atom. The standard InChI is InChI=1S/C12H14N2O6/c15-10(16)6-12(4-1-5-12)7-13-11(17)8-2-3-9(20-8)14(18)19/h2-3H,1,4-7H2,(H,13,17)(H,15,16). The van der Waals surface area contributed by atoms with Crippen LogP contribution in [-0.2, 0) is 4.79 Å². The number of hydrogen-bond donors (Lipinski definition) is 2. The van der Waals surface area contributed by atoms with E-state index in [1.54, 1.807) is 0 Å². The third kappa shape index (κ3) is 2.95. The van der Waals surface area contributed by atoms with Crippen molar-refractivity contribution in [3.05, 3.63) is 28.0 Å². The van der Waals surface area contributed by atoms with Gasteiger partial charge in [-0.1, -0.05) is 6.42 Å². The van der Waals surface area contributed by atoms with Crippen LogP contribution in [0.15, 0.2) is 16.5 Å². The summed E-state index contributed by atoms with van der Waals surface area (Å²) in [5.74, 6) is -2.12. The fraction of sp³-hybridized carbons (Fsp3) is 0.500. The van der Waals surface area contributed by atoms with Gasteiger partial charge in [0.1, 0.15) is 4.92 Å². The summed E-state index contributed by atoms with van der Waals surface area (Å²) in [6.07, 6.45) is 2.44. The highest BCUT2D eigenvalue weighted by Gasteiger charge is 2.39. The molecule has 1 aliphatic carbocycles. The van der Waals surface area contributed by atoms with Crippen LogP contribution in [0.1, 0.15) is 36.2 Å². The molecule has 0 radical (unpaired) electrons. The minimum atomic E-state index is -0.896. The largest absolute Gasteiger partial charge is 0.481 e. The van der Waals surface area contributed by atoms with Gasteiger partial charge in [0.05, 0.1) is 12.5 Å². The zero-order valence-electron chi connectivity index (χ0n) is 10.6. The van der Waals surface area contributed by atoms with Crippen LogP contribution >= 0.6 is 0 Å². The summed E-state index contributed by atoms with van der Waals surface area (Å²) in [7, 11) is 0. The van der Waals surface area contributed by atoms with E-state index in [2.05, 4.69) is 5.32 Å². The molecule has 8 heteroatoms. The number of carboxylic acid groups (broad SMARTS) is 1. The third-order valence-electron chi connectivity index (χ3n) is 3.56. The maximum atomic E-state index is 11.8. The molecule has 2 N–H and O–H groups in total. The molecular formula is C12H14N2O6. The zero-order chi connectivity index (χ0) is 14.8. The smallest absolute Gasteiger partial charge is 0.433 e. The average Bonchev–Trinajstić information content (AvgIpc) is 2.81.